The van der Waals surface area contributed by atoms with Gasteiger partial charge in [0.1, 0.15) is 5.76 Å². The number of carbonyl (C=O) groups is 1. The summed E-state index contributed by atoms with van der Waals surface area (Å²) in [5.74, 6) is 0.481. The van der Waals surface area contributed by atoms with Crippen LogP contribution in [-0.2, 0) is 11.3 Å². The minimum absolute atomic E-state index is 0.169. The number of aromatic nitrogens is 1. The fourth-order valence-electron chi connectivity index (χ4n) is 1.95. The van der Waals surface area contributed by atoms with Gasteiger partial charge < -0.3 is 9.73 Å². The summed E-state index contributed by atoms with van der Waals surface area (Å²) in [5.41, 5.74) is 2.03. The zero-order valence-corrected chi connectivity index (χ0v) is 12.5. The molecular formula is C17H14N2O2S. The van der Waals surface area contributed by atoms with Crippen LogP contribution in [0.15, 0.2) is 64.9 Å². The molecule has 1 N–H and O–H groups in total. The molecule has 4 nitrogen and oxygen atoms in total. The number of hydrogen-bond donors (Lipinski definition) is 1. The van der Waals surface area contributed by atoms with Crippen molar-refractivity contribution in [3.63, 3.8) is 0 Å². The topological polar surface area (TPSA) is 55.1 Å². The standard InChI is InChI=1S/C17H14N2O2S/c20-17(6-5-15-3-1-7-21-15)19-11-13-9-14(12-18-10-13)16-4-2-8-22-16/h1-10,12H,11H2,(H,19,20). The van der Waals surface area contributed by atoms with Crippen molar-refractivity contribution >= 4 is 23.3 Å². The van der Waals surface area contributed by atoms with Crippen LogP contribution in [0.5, 0.6) is 0 Å². The average Bonchev–Trinajstić information content (AvgIpc) is 3.24. The van der Waals surface area contributed by atoms with E-state index in [2.05, 4.69) is 16.4 Å². The van der Waals surface area contributed by atoms with E-state index >= 15 is 0 Å². The molecule has 1 amide bonds. The van der Waals surface area contributed by atoms with Gasteiger partial charge in [-0.25, -0.2) is 0 Å². The maximum Gasteiger partial charge on any atom is 0.244 e. The molecule has 22 heavy (non-hydrogen) atoms. The number of furan rings is 1. The van der Waals surface area contributed by atoms with E-state index in [4.69, 9.17) is 4.42 Å². The molecule has 0 fully saturated rings. The van der Waals surface area contributed by atoms with Crippen LogP contribution in [0.3, 0.4) is 0 Å². The summed E-state index contributed by atoms with van der Waals surface area (Å²) in [5, 5.41) is 4.86. The number of thiophene rings is 1. The molecule has 0 radical (unpaired) electrons. The van der Waals surface area contributed by atoms with Gasteiger partial charge in [0.15, 0.2) is 0 Å². The first-order valence-corrected chi connectivity index (χ1v) is 7.66. The largest absolute Gasteiger partial charge is 0.465 e. The van der Waals surface area contributed by atoms with Gasteiger partial charge in [0.2, 0.25) is 5.91 Å². The molecule has 0 aromatic carbocycles. The first kappa shape index (κ1) is 14.3. The second-order valence-corrected chi connectivity index (χ2v) is 5.57. The molecule has 3 heterocycles. The molecule has 110 valence electrons. The van der Waals surface area contributed by atoms with E-state index in [1.54, 1.807) is 42.0 Å². The quantitative estimate of drug-likeness (QED) is 0.731. The summed E-state index contributed by atoms with van der Waals surface area (Å²) in [4.78, 5) is 17.2. The Morgan fingerprint density at radius 2 is 2.27 bits per heavy atom. The van der Waals surface area contributed by atoms with Crippen molar-refractivity contribution in [2.24, 2.45) is 0 Å². The van der Waals surface area contributed by atoms with E-state index in [9.17, 15) is 4.79 Å². The first-order valence-electron chi connectivity index (χ1n) is 6.78. The zero-order valence-electron chi connectivity index (χ0n) is 11.7. The molecule has 5 heteroatoms. The van der Waals surface area contributed by atoms with Gasteiger partial charge in [-0.3, -0.25) is 9.78 Å². The minimum Gasteiger partial charge on any atom is -0.465 e. The molecule has 0 spiro atoms. The normalized spacial score (nSPS) is 10.9. The SMILES string of the molecule is O=C(C=Cc1ccco1)NCc1cncc(-c2cccs2)c1. The Morgan fingerprint density at radius 3 is 3.05 bits per heavy atom. The Bertz CT molecular complexity index is 762. The second kappa shape index (κ2) is 6.87. The number of rotatable bonds is 5. The Balaban J connectivity index is 1.59. The van der Waals surface area contributed by atoms with Crippen molar-refractivity contribution in [1.82, 2.24) is 10.3 Å². The molecule has 0 aliphatic carbocycles. The highest BCUT2D eigenvalue weighted by Crippen LogP contribution is 2.24. The molecular weight excluding hydrogens is 296 g/mol. The lowest BCUT2D eigenvalue weighted by atomic mass is 10.2. The van der Waals surface area contributed by atoms with Gasteiger partial charge in [0.25, 0.3) is 0 Å². The number of nitrogens with one attached hydrogen (secondary N) is 1. The highest BCUT2D eigenvalue weighted by molar-refractivity contribution is 7.13. The summed E-state index contributed by atoms with van der Waals surface area (Å²) in [6.45, 7) is 0.438. The second-order valence-electron chi connectivity index (χ2n) is 4.63. The molecule has 3 aromatic rings. The molecule has 0 aliphatic rings. The van der Waals surface area contributed by atoms with Crippen molar-refractivity contribution in [1.29, 1.82) is 0 Å². The highest BCUT2D eigenvalue weighted by Gasteiger charge is 2.02. The molecule has 0 bridgehead atoms. The summed E-state index contributed by atoms with van der Waals surface area (Å²) in [7, 11) is 0. The molecule has 0 saturated carbocycles. The maximum atomic E-state index is 11.8. The lowest BCUT2D eigenvalue weighted by molar-refractivity contribution is -0.116. The van der Waals surface area contributed by atoms with Gasteiger partial charge >= 0.3 is 0 Å². The van der Waals surface area contributed by atoms with Crippen LogP contribution in [0.2, 0.25) is 0 Å². The van der Waals surface area contributed by atoms with E-state index in [1.807, 2.05) is 23.7 Å². The van der Waals surface area contributed by atoms with E-state index < -0.39 is 0 Å². The Morgan fingerprint density at radius 1 is 1.32 bits per heavy atom. The predicted molar refractivity (Wildman–Crippen MR) is 87.1 cm³/mol. The molecule has 3 rings (SSSR count). The fraction of sp³-hybridized carbons (Fsp3) is 0.0588. The van der Waals surface area contributed by atoms with Crippen LogP contribution in [-0.4, -0.2) is 10.9 Å². The third kappa shape index (κ3) is 3.71. The van der Waals surface area contributed by atoms with E-state index in [0.29, 0.717) is 12.3 Å². The van der Waals surface area contributed by atoms with Crippen molar-refractivity contribution in [2.45, 2.75) is 6.54 Å². The van der Waals surface area contributed by atoms with Crippen LogP contribution < -0.4 is 5.32 Å². The van der Waals surface area contributed by atoms with Gasteiger partial charge in [-0.05, 0) is 41.3 Å². The summed E-state index contributed by atoms with van der Waals surface area (Å²) >= 11 is 1.67. The van der Waals surface area contributed by atoms with Crippen LogP contribution in [0.1, 0.15) is 11.3 Å². The van der Waals surface area contributed by atoms with Crippen molar-refractivity contribution in [3.8, 4) is 10.4 Å². The van der Waals surface area contributed by atoms with Crippen LogP contribution in [0, 0.1) is 0 Å². The number of amides is 1. The monoisotopic (exact) mass is 310 g/mol. The van der Waals surface area contributed by atoms with Gasteiger partial charge in [-0.1, -0.05) is 6.07 Å². The van der Waals surface area contributed by atoms with Crippen molar-refractivity contribution < 1.29 is 9.21 Å². The van der Waals surface area contributed by atoms with Crippen molar-refractivity contribution in [3.05, 3.63) is 71.8 Å². The number of hydrogen-bond acceptors (Lipinski definition) is 4. The first-order chi connectivity index (χ1) is 10.8. The molecule has 3 aromatic heterocycles. The zero-order chi connectivity index (χ0) is 15.2. The van der Waals surface area contributed by atoms with Gasteiger partial charge in [-0.15, -0.1) is 11.3 Å². The summed E-state index contributed by atoms with van der Waals surface area (Å²) in [6.07, 6.45) is 8.24. The average molecular weight is 310 g/mol. The molecule has 0 atom stereocenters. The van der Waals surface area contributed by atoms with Gasteiger partial charge in [-0.2, -0.15) is 0 Å². The van der Waals surface area contributed by atoms with E-state index in [-0.39, 0.29) is 5.91 Å². The van der Waals surface area contributed by atoms with Crippen LogP contribution in [0.4, 0.5) is 0 Å². The van der Waals surface area contributed by atoms with Crippen molar-refractivity contribution in [2.75, 3.05) is 0 Å². The van der Waals surface area contributed by atoms with E-state index in [0.717, 1.165) is 11.1 Å². The maximum absolute atomic E-state index is 11.8. The van der Waals surface area contributed by atoms with Crippen LogP contribution >= 0.6 is 11.3 Å². The Labute approximate surface area is 132 Å². The Kier molecular flexibility index (Phi) is 4.46. The third-order valence-corrected chi connectivity index (χ3v) is 3.93. The number of pyridine rings is 1. The highest BCUT2D eigenvalue weighted by atomic mass is 32.1. The van der Waals surface area contributed by atoms with Crippen LogP contribution in [0.25, 0.3) is 16.5 Å². The molecule has 0 unspecified atom stereocenters. The fourth-order valence-corrected chi connectivity index (χ4v) is 2.66. The lowest BCUT2D eigenvalue weighted by Gasteiger charge is -2.04. The van der Waals surface area contributed by atoms with Gasteiger partial charge in [0, 0.05) is 35.5 Å². The third-order valence-electron chi connectivity index (χ3n) is 3.01. The Hall–Kier alpha value is -2.66. The molecule has 0 saturated heterocycles. The summed E-state index contributed by atoms with van der Waals surface area (Å²) < 4.78 is 5.13. The van der Waals surface area contributed by atoms with E-state index in [1.165, 1.54) is 11.0 Å². The smallest absolute Gasteiger partial charge is 0.244 e. The lowest BCUT2D eigenvalue weighted by Crippen LogP contribution is -2.20. The van der Waals surface area contributed by atoms with Gasteiger partial charge in [0.05, 0.1) is 6.26 Å². The number of nitrogens with zero attached hydrogens (tertiary/aromatic N) is 1. The summed E-state index contributed by atoms with van der Waals surface area (Å²) in [6, 6.07) is 9.66. The minimum atomic E-state index is -0.169. The molecule has 0 aliphatic heterocycles. The number of carbonyl (C=O) groups excluding carboxylic acids is 1. The predicted octanol–water partition coefficient (Wildman–Crippen LogP) is 3.73.